The number of aromatic hydroxyl groups is 1. The van der Waals surface area contributed by atoms with Gasteiger partial charge in [0.25, 0.3) is 5.91 Å². The van der Waals surface area contributed by atoms with Crippen molar-refractivity contribution in [3.05, 3.63) is 46.8 Å². The van der Waals surface area contributed by atoms with Crippen molar-refractivity contribution in [1.82, 2.24) is 15.6 Å². The minimum atomic E-state index is -0.337. The van der Waals surface area contributed by atoms with E-state index < -0.39 is 0 Å². The molecule has 3 N–H and O–H groups in total. The Kier molecular flexibility index (Phi) is 3.20. The molecule has 1 aromatic carbocycles. The number of hydrogen-bond donors (Lipinski definition) is 3. The van der Waals surface area contributed by atoms with Gasteiger partial charge in [-0.1, -0.05) is 12.1 Å². The van der Waals surface area contributed by atoms with Gasteiger partial charge in [-0.25, -0.2) is 5.43 Å². The zero-order valence-electron chi connectivity index (χ0n) is 10.8. The quantitative estimate of drug-likeness (QED) is 0.581. The molecule has 102 valence electrons. The molecule has 0 aliphatic heterocycles. The third kappa shape index (κ3) is 2.27. The van der Waals surface area contributed by atoms with Gasteiger partial charge in [0, 0.05) is 16.8 Å². The van der Waals surface area contributed by atoms with E-state index in [1.165, 1.54) is 6.21 Å². The molecule has 0 saturated heterocycles. The van der Waals surface area contributed by atoms with Crippen LogP contribution in [0.2, 0.25) is 0 Å². The molecule has 0 bridgehead atoms. The number of nitrogens with one attached hydrogen (secondary N) is 2. The molecule has 0 fully saturated rings. The first-order valence-corrected chi connectivity index (χ1v) is 6.43. The predicted molar refractivity (Wildman–Crippen MR) is 73.8 cm³/mol. The maximum absolute atomic E-state index is 12.0. The second-order valence-electron chi connectivity index (χ2n) is 4.64. The lowest BCUT2D eigenvalue weighted by molar-refractivity contribution is 0.0949. The number of hydrogen-bond acceptors (Lipinski definition) is 4. The summed E-state index contributed by atoms with van der Waals surface area (Å²) in [5.41, 5.74) is 5.41. The summed E-state index contributed by atoms with van der Waals surface area (Å²) in [5.74, 6) is -0.220. The number of benzene rings is 1. The van der Waals surface area contributed by atoms with E-state index >= 15 is 0 Å². The Morgan fingerprint density at radius 2 is 2.25 bits per heavy atom. The minimum absolute atomic E-state index is 0.117. The van der Waals surface area contributed by atoms with E-state index in [2.05, 4.69) is 20.7 Å². The zero-order chi connectivity index (χ0) is 13.9. The van der Waals surface area contributed by atoms with Crippen molar-refractivity contribution in [2.24, 2.45) is 5.10 Å². The van der Waals surface area contributed by atoms with Crippen LogP contribution in [0.15, 0.2) is 29.4 Å². The molecule has 6 nitrogen and oxygen atoms in total. The lowest BCUT2D eigenvalue weighted by Gasteiger charge is -1.99. The Hall–Kier alpha value is -2.63. The van der Waals surface area contributed by atoms with E-state index in [0.29, 0.717) is 11.3 Å². The third-order valence-corrected chi connectivity index (χ3v) is 3.33. The van der Waals surface area contributed by atoms with Crippen LogP contribution in [0.3, 0.4) is 0 Å². The molecule has 1 aromatic heterocycles. The van der Waals surface area contributed by atoms with Crippen LogP contribution < -0.4 is 5.43 Å². The number of phenolic OH excluding ortho intramolecular Hbond substituents is 1. The number of H-pyrrole nitrogens is 1. The number of amides is 1. The van der Waals surface area contributed by atoms with Gasteiger partial charge in [-0.15, -0.1) is 0 Å². The van der Waals surface area contributed by atoms with E-state index in [1.54, 1.807) is 24.3 Å². The second-order valence-corrected chi connectivity index (χ2v) is 4.64. The number of carbonyl (C=O) groups is 1. The maximum atomic E-state index is 12.0. The molecule has 1 aliphatic rings. The average Bonchev–Trinajstić information content (AvgIpc) is 3.03. The number of aryl methyl sites for hydroxylation is 1. The van der Waals surface area contributed by atoms with Gasteiger partial charge in [-0.05, 0) is 31.4 Å². The largest absolute Gasteiger partial charge is 0.507 e. The molecule has 3 rings (SSSR count). The smallest absolute Gasteiger partial charge is 0.292 e. The van der Waals surface area contributed by atoms with Crippen molar-refractivity contribution in [3.63, 3.8) is 0 Å². The fraction of sp³-hybridized carbons (Fsp3) is 0.214. The van der Waals surface area contributed by atoms with Gasteiger partial charge in [0.2, 0.25) is 0 Å². The van der Waals surface area contributed by atoms with Crippen LogP contribution in [0.4, 0.5) is 0 Å². The summed E-state index contributed by atoms with van der Waals surface area (Å²) in [5, 5.41) is 20.3. The van der Waals surface area contributed by atoms with Crippen molar-refractivity contribution in [3.8, 4) is 5.75 Å². The SMILES string of the molecule is O=C(N/N=C/c1ccccc1O)c1n[nH]c2c1CCC2. The third-order valence-electron chi connectivity index (χ3n) is 3.33. The van der Waals surface area contributed by atoms with Gasteiger partial charge in [-0.3, -0.25) is 9.89 Å². The normalized spacial score (nSPS) is 13.6. The van der Waals surface area contributed by atoms with E-state index in [-0.39, 0.29) is 11.7 Å². The molecular formula is C14H14N4O2. The summed E-state index contributed by atoms with van der Waals surface area (Å²) in [6, 6.07) is 6.77. The highest BCUT2D eigenvalue weighted by Crippen LogP contribution is 2.22. The van der Waals surface area contributed by atoms with Crippen molar-refractivity contribution in [1.29, 1.82) is 0 Å². The summed E-state index contributed by atoms with van der Waals surface area (Å²) in [6.07, 6.45) is 4.26. The van der Waals surface area contributed by atoms with Crippen LogP contribution >= 0.6 is 0 Å². The highest BCUT2D eigenvalue weighted by Gasteiger charge is 2.22. The fourth-order valence-corrected chi connectivity index (χ4v) is 2.32. The minimum Gasteiger partial charge on any atom is -0.507 e. The topological polar surface area (TPSA) is 90.4 Å². The summed E-state index contributed by atoms with van der Waals surface area (Å²) >= 11 is 0. The van der Waals surface area contributed by atoms with Crippen molar-refractivity contribution in [2.45, 2.75) is 19.3 Å². The molecule has 1 amide bonds. The van der Waals surface area contributed by atoms with Crippen molar-refractivity contribution >= 4 is 12.1 Å². The summed E-state index contributed by atoms with van der Waals surface area (Å²) in [7, 11) is 0. The van der Waals surface area contributed by atoms with Gasteiger partial charge >= 0.3 is 0 Å². The van der Waals surface area contributed by atoms with Crippen LogP contribution in [-0.2, 0) is 12.8 Å². The number of nitrogens with zero attached hydrogens (tertiary/aromatic N) is 2. The summed E-state index contributed by atoms with van der Waals surface area (Å²) < 4.78 is 0. The first-order chi connectivity index (χ1) is 9.75. The number of phenols is 1. The number of fused-ring (bicyclic) bond motifs is 1. The first kappa shape index (κ1) is 12.4. The number of para-hydroxylation sites is 1. The molecule has 6 heteroatoms. The molecular weight excluding hydrogens is 256 g/mol. The number of carbonyl (C=O) groups excluding carboxylic acids is 1. The zero-order valence-corrected chi connectivity index (χ0v) is 10.8. The van der Waals surface area contributed by atoms with Crippen molar-refractivity contribution in [2.75, 3.05) is 0 Å². The van der Waals surface area contributed by atoms with E-state index in [4.69, 9.17) is 0 Å². The number of aromatic nitrogens is 2. The lowest BCUT2D eigenvalue weighted by Crippen LogP contribution is -2.19. The molecule has 0 spiro atoms. The fourth-order valence-electron chi connectivity index (χ4n) is 2.32. The van der Waals surface area contributed by atoms with Crippen LogP contribution in [0.25, 0.3) is 0 Å². The number of aromatic amines is 1. The Morgan fingerprint density at radius 1 is 1.40 bits per heavy atom. The van der Waals surface area contributed by atoms with Gasteiger partial charge in [0.1, 0.15) is 5.75 Å². The summed E-state index contributed by atoms with van der Waals surface area (Å²) in [4.78, 5) is 12.0. The molecule has 2 aromatic rings. The Morgan fingerprint density at radius 3 is 3.10 bits per heavy atom. The monoisotopic (exact) mass is 270 g/mol. The molecule has 1 aliphatic carbocycles. The molecule has 1 heterocycles. The van der Waals surface area contributed by atoms with Gasteiger partial charge in [-0.2, -0.15) is 10.2 Å². The van der Waals surface area contributed by atoms with Crippen LogP contribution in [0, 0.1) is 0 Å². The van der Waals surface area contributed by atoms with E-state index in [1.807, 2.05) is 0 Å². The lowest BCUT2D eigenvalue weighted by atomic mass is 10.2. The van der Waals surface area contributed by atoms with E-state index in [9.17, 15) is 9.90 Å². The molecule has 0 atom stereocenters. The highest BCUT2D eigenvalue weighted by atomic mass is 16.3. The molecule has 20 heavy (non-hydrogen) atoms. The number of hydrazone groups is 1. The first-order valence-electron chi connectivity index (χ1n) is 6.43. The standard InChI is InChI=1S/C14H14N4O2/c19-12-7-2-1-4-9(12)8-15-18-14(20)13-10-5-3-6-11(10)16-17-13/h1-2,4,7-8,19H,3,5-6H2,(H,16,17)(H,18,20)/b15-8+. The molecule has 0 saturated carbocycles. The van der Waals surface area contributed by atoms with Crippen molar-refractivity contribution < 1.29 is 9.90 Å². The van der Waals surface area contributed by atoms with Gasteiger partial charge in [0.15, 0.2) is 5.69 Å². The highest BCUT2D eigenvalue weighted by molar-refractivity contribution is 5.95. The number of rotatable bonds is 3. The summed E-state index contributed by atoms with van der Waals surface area (Å²) in [6.45, 7) is 0. The molecule has 0 unspecified atom stereocenters. The van der Waals surface area contributed by atoms with Gasteiger partial charge in [0.05, 0.1) is 6.21 Å². The van der Waals surface area contributed by atoms with E-state index in [0.717, 1.165) is 30.5 Å². The van der Waals surface area contributed by atoms with Gasteiger partial charge < -0.3 is 5.11 Å². The maximum Gasteiger partial charge on any atom is 0.292 e. The van der Waals surface area contributed by atoms with Crippen LogP contribution in [0.5, 0.6) is 5.75 Å². The average molecular weight is 270 g/mol. The molecule has 0 radical (unpaired) electrons. The second kappa shape index (κ2) is 5.16. The Labute approximate surface area is 115 Å². The predicted octanol–water partition coefficient (Wildman–Crippen LogP) is 1.37. The van der Waals surface area contributed by atoms with Crippen LogP contribution in [0.1, 0.15) is 33.7 Å². The Balaban J connectivity index is 1.69. The Bertz CT molecular complexity index is 676. The van der Waals surface area contributed by atoms with Crippen LogP contribution in [-0.4, -0.2) is 27.4 Å².